The predicted octanol–water partition coefficient (Wildman–Crippen LogP) is 4.25. The quantitative estimate of drug-likeness (QED) is 0.648. The molecule has 0 bridgehead atoms. The Morgan fingerprint density at radius 2 is 1.44 bits per heavy atom. The van der Waals surface area contributed by atoms with Crippen molar-refractivity contribution < 1.29 is 9.59 Å². The number of thioether (sulfide) groups is 1. The van der Waals surface area contributed by atoms with Gasteiger partial charge in [-0.25, -0.2) is 0 Å². The smallest absolute Gasteiger partial charge is 0.248 e. The molecule has 4 nitrogen and oxygen atoms in total. The van der Waals surface area contributed by atoms with Crippen molar-refractivity contribution in [1.82, 2.24) is 0 Å². The van der Waals surface area contributed by atoms with Gasteiger partial charge in [-0.2, -0.15) is 0 Å². The number of hydrogen-bond acceptors (Lipinski definition) is 3. The molecule has 3 N–H and O–H groups in total. The molecular formula is C22H20N2O2S. The van der Waals surface area contributed by atoms with Crippen LogP contribution in [0.15, 0.2) is 84.9 Å². The fourth-order valence-electron chi connectivity index (χ4n) is 2.75. The Morgan fingerprint density at radius 1 is 0.852 bits per heavy atom. The molecule has 0 saturated carbocycles. The summed E-state index contributed by atoms with van der Waals surface area (Å²) >= 11 is 1.56. The molecule has 0 fully saturated rings. The Morgan fingerprint density at radius 3 is 2.00 bits per heavy atom. The summed E-state index contributed by atoms with van der Waals surface area (Å²) in [5.74, 6) is -0.359. The van der Waals surface area contributed by atoms with E-state index in [4.69, 9.17) is 5.73 Å². The van der Waals surface area contributed by atoms with Gasteiger partial charge in [0.15, 0.2) is 0 Å². The number of nitrogens with one attached hydrogen (secondary N) is 1. The second-order valence-corrected chi connectivity index (χ2v) is 7.10. The maximum absolute atomic E-state index is 12.4. The molecule has 136 valence electrons. The van der Waals surface area contributed by atoms with E-state index in [0.717, 1.165) is 11.1 Å². The highest BCUT2D eigenvalue weighted by Crippen LogP contribution is 2.35. The van der Waals surface area contributed by atoms with Crippen molar-refractivity contribution in [3.05, 3.63) is 102 Å². The predicted molar refractivity (Wildman–Crippen MR) is 111 cm³/mol. The third-order valence-corrected chi connectivity index (χ3v) is 5.32. The minimum atomic E-state index is -0.520. The normalized spacial score (nSPS) is 10.6. The summed E-state index contributed by atoms with van der Waals surface area (Å²) in [5, 5.41) is 2.89. The third-order valence-electron chi connectivity index (χ3n) is 4.02. The van der Waals surface area contributed by atoms with Gasteiger partial charge in [-0.3, -0.25) is 9.59 Å². The Balaban J connectivity index is 1.69. The van der Waals surface area contributed by atoms with Gasteiger partial charge in [0.05, 0.1) is 11.0 Å². The minimum absolute atomic E-state index is 0.0649. The number of carbonyl (C=O) groups excluding carboxylic acids is 2. The standard InChI is InChI=1S/C22H20N2O2S/c23-22(26)18-12-7-13-19(14-18)24-20(25)15-27-21(16-8-3-1-4-9-16)17-10-5-2-6-11-17/h1-14,21H,15H2,(H2,23,26)(H,24,25). The Bertz CT molecular complexity index is 874. The molecule has 0 aromatic heterocycles. The average Bonchev–Trinajstić information content (AvgIpc) is 2.70. The van der Waals surface area contributed by atoms with Crippen molar-refractivity contribution >= 4 is 29.3 Å². The van der Waals surface area contributed by atoms with E-state index >= 15 is 0 Å². The average molecular weight is 376 g/mol. The maximum Gasteiger partial charge on any atom is 0.248 e. The second-order valence-electron chi connectivity index (χ2n) is 6.01. The van der Waals surface area contributed by atoms with Crippen LogP contribution in [-0.2, 0) is 4.79 Å². The molecule has 0 aliphatic rings. The minimum Gasteiger partial charge on any atom is -0.366 e. The molecule has 0 unspecified atom stereocenters. The fraction of sp³-hybridized carbons (Fsp3) is 0.0909. The molecule has 3 aromatic rings. The van der Waals surface area contributed by atoms with Crippen molar-refractivity contribution in [2.24, 2.45) is 5.73 Å². The molecule has 0 heterocycles. The van der Waals surface area contributed by atoms with Gasteiger partial charge in [0.25, 0.3) is 0 Å². The summed E-state index contributed by atoms with van der Waals surface area (Å²) in [7, 11) is 0. The summed E-state index contributed by atoms with van der Waals surface area (Å²) in [4.78, 5) is 23.7. The van der Waals surface area contributed by atoms with Crippen LogP contribution in [0.2, 0.25) is 0 Å². The number of benzene rings is 3. The highest BCUT2D eigenvalue weighted by molar-refractivity contribution is 8.00. The fourth-order valence-corrected chi connectivity index (χ4v) is 3.84. The van der Waals surface area contributed by atoms with E-state index < -0.39 is 5.91 Å². The largest absolute Gasteiger partial charge is 0.366 e. The lowest BCUT2D eigenvalue weighted by molar-refractivity contribution is -0.113. The first-order chi connectivity index (χ1) is 13.1. The van der Waals surface area contributed by atoms with Gasteiger partial charge < -0.3 is 11.1 Å². The highest BCUT2D eigenvalue weighted by atomic mass is 32.2. The van der Waals surface area contributed by atoms with Crippen molar-refractivity contribution in [1.29, 1.82) is 0 Å². The van der Waals surface area contributed by atoms with Crippen LogP contribution in [0, 0.1) is 0 Å². The van der Waals surface area contributed by atoms with E-state index in [-0.39, 0.29) is 16.9 Å². The van der Waals surface area contributed by atoms with E-state index in [9.17, 15) is 9.59 Å². The zero-order valence-corrected chi connectivity index (χ0v) is 15.5. The van der Waals surface area contributed by atoms with Crippen LogP contribution >= 0.6 is 11.8 Å². The van der Waals surface area contributed by atoms with Crippen molar-refractivity contribution in [2.75, 3.05) is 11.1 Å². The highest BCUT2D eigenvalue weighted by Gasteiger charge is 2.16. The molecule has 0 aliphatic heterocycles. The Kier molecular flexibility index (Phi) is 6.28. The summed E-state index contributed by atoms with van der Waals surface area (Å²) in [6.45, 7) is 0. The summed E-state index contributed by atoms with van der Waals surface area (Å²) in [5.41, 5.74) is 8.52. The third kappa shape index (κ3) is 5.21. The lowest BCUT2D eigenvalue weighted by atomic mass is 10.0. The Hall–Kier alpha value is -3.05. The van der Waals surface area contributed by atoms with Crippen LogP contribution in [0.3, 0.4) is 0 Å². The van der Waals surface area contributed by atoms with Crippen molar-refractivity contribution in [3.63, 3.8) is 0 Å². The number of nitrogens with two attached hydrogens (primary N) is 1. The first-order valence-electron chi connectivity index (χ1n) is 8.54. The summed E-state index contributed by atoms with van der Waals surface area (Å²) in [6.07, 6.45) is 0. The zero-order chi connectivity index (χ0) is 19.1. The van der Waals surface area contributed by atoms with Gasteiger partial charge in [0.2, 0.25) is 11.8 Å². The van der Waals surface area contributed by atoms with Crippen LogP contribution in [0.5, 0.6) is 0 Å². The molecule has 0 atom stereocenters. The molecule has 3 aromatic carbocycles. The van der Waals surface area contributed by atoms with Gasteiger partial charge in [-0.05, 0) is 29.3 Å². The van der Waals surface area contributed by atoms with E-state index in [1.165, 1.54) is 0 Å². The summed E-state index contributed by atoms with van der Waals surface area (Å²) < 4.78 is 0. The lowest BCUT2D eigenvalue weighted by Gasteiger charge is -2.17. The summed E-state index contributed by atoms with van der Waals surface area (Å²) in [6, 6.07) is 26.9. The molecule has 0 saturated heterocycles. The number of rotatable bonds is 7. The topological polar surface area (TPSA) is 72.2 Å². The number of amides is 2. The van der Waals surface area contributed by atoms with E-state index in [0.29, 0.717) is 11.3 Å². The van der Waals surface area contributed by atoms with Crippen LogP contribution in [0.25, 0.3) is 0 Å². The SMILES string of the molecule is NC(=O)c1cccc(NC(=O)CSC(c2ccccc2)c2ccccc2)c1. The zero-order valence-electron chi connectivity index (χ0n) is 14.7. The number of hydrogen-bond donors (Lipinski definition) is 2. The van der Waals surface area contributed by atoms with E-state index in [2.05, 4.69) is 29.6 Å². The van der Waals surface area contributed by atoms with Crippen molar-refractivity contribution in [2.45, 2.75) is 5.25 Å². The van der Waals surface area contributed by atoms with Gasteiger partial charge in [0, 0.05) is 11.3 Å². The van der Waals surface area contributed by atoms with E-state index in [1.807, 2.05) is 36.4 Å². The maximum atomic E-state index is 12.4. The van der Waals surface area contributed by atoms with Crippen LogP contribution in [0.1, 0.15) is 26.7 Å². The molecular weight excluding hydrogens is 356 g/mol. The number of anilines is 1. The molecule has 0 radical (unpaired) electrons. The number of primary amides is 1. The second kappa shape index (κ2) is 9.05. The van der Waals surface area contributed by atoms with Crippen LogP contribution in [-0.4, -0.2) is 17.6 Å². The molecule has 2 amide bonds. The van der Waals surface area contributed by atoms with Crippen molar-refractivity contribution in [3.8, 4) is 0 Å². The molecule has 27 heavy (non-hydrogen) atoms. The molecule has 3 rings (SSSR count). The monoisotopic (exact) mass is 376 g/mol. The van der Waals surface area contributed by atoms with Gasteiger partial charge >= 0.3 is 0 Å². The van der Waals surface area contributed by atoms with Crippen LogP contribution < -0.4 is 11.1 Å². The van der Waals surface area contributed by atoms with Gasteiger partial charge in [-0.1, -0.05) is 66.7 Å². The molecule has 5 heteroatoms. The first-order valence-corrected chi connectivity index (χ1v) is 9.59. The van der Waals surface area contributed by atoms with Crippen LogP contribution in [0.4, 0.5) is 5.69 Å². The number of carbonyl (C=O) groups is 2. The first kappa shape index (κ1) is 18.7. The lowest BCUT2D eigenvalue weighted by Crippen LogP contribution is -2.16. The van der Waals surface area contributed by atoms with E-state index in [1.54, 1.807) is 36.0 Å². The molecule has 0 spiro atoms. The van der Waals surface area contributed by atoms with Gasteiger partial charge in [0.1, 0.15) is 0 Å². The Labute approximate surface area is 162 Å². The van der Waals surface area contributed by atoms with Gasteiger partial charge in [-0.15, -0.1) is 11.8 Å². The molecule has 0 aliphatic carbocycles.